The standard InChI is InChI=1S/C16H27NO/c1-4-16(18-3)15(17-5-2)13-9-12-14-10-7-6-8-11-14/h6-8,10-11,15-17H,4-5,9,12-13H2,1-3H3. The van der Waals surface area contributed by atoms with Gasteiger partial charge in [-0.25, -0.2) is 0 Å². The maximum absolute atomic E-state index is 5.55. The lowest BCUT2D eigenvalue weighted by atomic mass is 9.99. The highest BCUT2D eigenvalue weighted by Gasteiger charge is 2.17. The van der Waals surface area contributed by atoms with E-state index in [4.69, 9.17) is 4.74 Å². The number of benzene rings is 1. The van der Waals surface area contributed by atoms with Crippen LogP contribution in [-0.2, 0) is 11.2 Å². The quantitative estimate of drug-likeness (QED) is 0.724. The van der Waals surface area contributed by atoms with Crippen molar-refractivity contribution in [3.05, 3.63) is 35.9 Å². The van der Waals surface area contributed by atoms with Gasteiger partial charge in [-0.2, -0.15) is 0 Å². The minimum absolute atomic E-state index is 0.334. The molecular weight excluding hydrogens is 222 g/mol. The van der Waals surface area contributed by atoms with Gasteiger partial charge in [0.15, 0.2) is 0 Å². The summed E-state index contributed by atoms with van der Waals surface area (Å²) in [7, 11) is 1.82. The van der Waals surface area contributed by atoms with Crippen molar-refractivity contribution in [2.75, 3.05) is 13.7 Å². The second kappa shape index (κ2) is 9.12. The van der Waals surface area contributed by atoms with E-state index in [2.05, 4.69) is 49.5 Å². The molecule has 1 N–H and O–H groups in total. The maximum atomic E-state index is 5.55. The summed E-state index contributed by atoms with van der Waals surface area (Å²) < 4.78 is 5.55. The van der Waals surface area contributed by atoms with E-state index in [-0.39, 0.29) is 0 Å². The summed E-state index contributed by atoms with van der Waals surface area (Å²) in [5, 5.41) is 3.55. The zero-order valence-electron chi connectivity index (χ0n) is 12.0. The normalized spacial score (nSPS) is 14.4. The van der Waals surface area contributed by atoms with Crippen LogP contribution in [0, 0.1) is 0 Å². The summed E-state index contributed by atoms with van der Waals surface area (Å²) in [4.78, 5) is 0. The van der Waals surface area contributed by atoms with Crippen molar-refractivity contribution in [2.45, 2.75) is 51.7 Å². The van der Waals surface area contributed by atoms with Crippen LogP contribution in [0.25, 0.3) is 0 Å². The van der Waals surface area contributed by atoms with Crippen LogP contribution in [0.3, 0.4) is 0 Å². The molecule has 0 spiro atoms. The second-order valence-electron chi connectivity index (χ2n) is 4.72. The molecule has 0 aliphatic rings. The molecule has 0 saturated carbocycles. The predicted molar refractivity (Wildman–Crippen MR) is 77.9 cm³/mol. The number of rotatable bonds is 9. The van der Waals surface area contributed by atoms with E-state index in [1.54, 1.807) is 0 Å². The van der Waals surface area contributed by atoms with Crippen LogP contribution >= 0.6 is 0 Å². The minimum Gasteiger partial charge on any atom is -0.380 e. The van der Waals surface area contributed by atoms with Gasteiger partial charge in [0.25, 0.3) is 0 Å². The number of hydrogen-bond donors (Lipinski definition) is 1. The number of hydrogen-bond acceptors (Lipinski definition) is 2. The van der Waals surface area contributed by atoms with Crippen molar-refractivity contribution in [3.8, 4) is 0 Å². The minimum atomic E-state index is 0.334. The van der Waals surface area contributed by atoms with Gasteiger partial charge in [0.2, 0.25) is 0 Å². The lowest BCUT2D eigenvalue weighted by Gasteiger charge is -2.25. The lowest BCUT2D eigenvalue weighted by Crippen LogP contribution is -2.40. The molecule has 18 heavy (non-hydrogen) atoms. The van der Waals surface area contributed by atoms with E-state index in [1.807, 2.05) is 7.11 Å². The Morgan fingerprint density at radius 3 is 2.44 bits per heavy atom. The van der Waals surface area contributed by atoms with E-state index in [9.17, 15) is 0 Å². The van der Waals surface area contributed by atoms with Crippen molar-refractivity contribution in [1.82, 2.24) is 5.32 Å². The van der Waals surface area contributed by atoms with Crippen LogP contribution in [0.1, 0.15) is 38.7 Å². The van der Waals surface area contributed by atoms with Crippen LogP contribution in [0.4, 0.5) is 0 Å². The molecule has 1 rings (SSSR count). The molecule has 1 aromatic rings. The molecular formula is C16H27NO. The van der Waals surface area contributed by atoms with E-state index in [0.717, 1.165) is 19.4 Å². The van der Waals surface area contributed by atoms with Gasteiger partial charge in [-0.05, 0) is 37.8 Å². The molecule has 2 heteroatoms. The van der Waals surface area contributed by atoms with Gasteiger partial charge < -0.3 is 10.1 Å². The first kappa shape index (κ1) is 15.2. The third-order valence-electron chi connectivity index (χ3n) is 3.44. The van der Waals surface area contributed by atoms with Crippen molar-refractivity contribution in [1.29, 1.82) is 0 Å². The van der Waals surface area contributed by atoms with Gasteiger partial charge >= 0.3 is 0 Å². The molecule has 0 amide bonds. The fourth-order valence-corrected chi connectivity index (χ4v) is 2.47. The monoisotopic (exact) mass is 249 g/mol. The number of methoxy groups -OCH3 is 1. The summed E-state index contributed by atoms with van der Waals surface area (Å²) in [6, 6.07) is 11.2. The largest absolute Gasteiger partial charge is 0.380 e. The van der Waals surface area contributed by atoms with Crippen molar-refractivity contribution < 1.29 is 4.74 Å². The molecule has 102 valence electrons. The molecule has 0 aromatic heterocycles. The van der Waals surface area contributed by atoms with Crippen LogP contribution in [0.15, 0.2) is 30.3 Å². The zero-order valence-corrected chi connectivity index (χ0v) is 12.0. The molecule has 0 aliphatic heterocycles. The second-order valence-corrected chi connectivity index (χ2v) is 4.72. The summed E-state index contributed by atoms with van der Waals surface area (Å²) in [5.74, 6) is 0. The van der Waals surface area contributed by atoms with Gasteiger partial charge in [-0.3, -0.25) is 0 Å². The first-order valence-corrected chi connectivity index (χ1v) is 7.11. The van der Waals surface area contributed by atoms with Crippen LogP contribution in [-0.4, -0.2) is 25.8 Å². The smallest absolute Gasteiger partial charge is 0.0721 e. The average Bonchev–Trinajstić information content (AvgIpc) is 2.41. The number of aryl methyl sites for hydroxylation is 1. The van der Waals surface area contributed by atoms with E-state index in [1.165, 1.54) is 18.4 Å². The van der Waals surface area contributed by atoms with E-state index >= 15 is 0 Å². The SMILES string of the molecule is CCNC(CCCc1ccccc1)C(CC)OC. The summed E-state index contributed by atoms with van der Waals surface area (Å²) in [6.45, 7) is 5.36. The summed E-state index contributed by atoms with van der Waals surface area (Å²) >= 11 is 0. The Kier molecular flexibility index (Phi) is 7.70. The molecule has 0 fully saturated rings. The average molecular weight is 249 g/mol. The fourth-order valence-electron chi connectivity index (χ4n) is 2.47. The number of ether oxygens (including phenoxy) is 1. The molecule has 0 heterocycles. The third kappa shape index (κ3) is 5.19. The molecule has 2 atom stereocenters. The zero-order chi connectivity index (χ0) is 13.2. The Labute approximate surface area is 112 Å². The summed E-state index contributed by atoms with van der Waals surface area (Å²) in [5.41, 5.74) is 1.43. The predicted octanol–water partition coefficient (Wildman–Crippen LogP) is 3.41. The van der Waals surface area contributed by atoms with Gasteiger partial charge in [-0.1, -0.05) is 44.2 Å². The van der Waals surface area contributed by atoms with Crippen LogP contribution < -0.4 is 5.32 Å². The fraction of sp³-hybridized carbons (Fsp3) is 0.625. The Balaban J connectivity index is 2.37. The Bertz CT molecular complexity index is 295. The molecule has 2 nitrogen and oxygen atoms in total. The molecule has 0 bridgehead atoms. The number of nitrogens with one attached hydrogen (secondary N) is 1. The first-order valence-electron chi connectivity index (χ1n) is 7.11. The van der Waals surface area contributed by atoms with Crippen molar-refractivity contribution >= 4 is 0 Å². The highest BCUT2D eigenvalue weighted by molar-refractivity contribution is 5.14. The number of likely N-dealkylation sites (N-methyl/N-ethyl adjacent to an activating group) is 1. The topological polar surface area (TPSA) is 21.3 Å². The molecule has 2 unspecified atom stereocenters. The Hall–Kier alpha value is -0.860. The Morgan fingerprint density at radius 2 is 1.89 bits per heavy atom. The van der Waals surface area contributed by atoms with Crippen LogP contribution in [0.2, 0.25) is 0 Å². The first-order chi connectivity index (χ1) is 8.81. The van der Waals surface area contributed by atoms with Crippen molar-refractivity contribution in [2.24, 2.45) is 0 Å². The highest BCUT2D eigenvalue weighted by atomic mass is 16.5. The van der Waals surface area contributed by atoms with Crippen LogP contribution in [0.5, 0.6) is 0 Å². The van der Waals surface area contributed by atoms with Gasteiger partial charge in [0.05, 0.1) is 6.10 Å². The third-order valence-corrected chi connectivity index (χ3v) is 3.44. The van der Waals surface area contributed by atoms with Gasteiger partial charge in [0, 0.05) is 13.2 Å². The lowest BCUT2D eigenvalue weighted by molar-refractivity contribution is 0.0624. The van der Waals surface area contributed by atoms with Crippen molar-refractivity contribution in [3.63, 3.8) is 0 Å². The van der Waals surface area contributed by atoms with E-state index in [0.29, 0.717) is 12.1 Å². The van der Waals surface area contributed by atoms with Gasteiger partial charge in [-0.15, -0.1) is 0 Å². The molecule has 1 aromatic carbocycles. The molecule has 0 radical (unpaired) electrons. The molecule has 0 aliphatic carbocycles. The highest BCUT2D eigenvalue weighted by Crippen LogP contribution is 2.12. The summed E-state index contributed by atoms with van der Waals surface area (Å²) in [6.07, 6.45) is 4.94. The van der Waals surface area contributed by atoms with E-state index < -0.39 is 0 Å². The molecule has 0 saturated heterocycles. The Morgan fingerprint density at radius 1 is 1.17 bits per heavy atom. The van der Waals surface area contributed by atoms with Gasteiger partial charge in [0.1, 0.15) is 0 Å². The maximum Gasteiger partial charge on any atom is 0.0721 e.